The van der Waals surface area contributed by atoms with Gasteiger partial charge in [0.15, 0.2) is 0 Å². The summed E-state index contributed by atoms with van der Waals surface area (Å²) in [5.41, 5.74) is 0. The first-order valence-corrected chi connectivity index (χ1v) is 4.16. The molecule has 0 fully saturated rings. The standard InChI is InChI=1S/C4H8N2S4.2Cu/c7-3(8)5-1-2-6-4(9)10;;/h1-2H2,(H2,5,7,8)(H2,6,9,10);;/q;2*+1/p-2. The smallest absolute Gasteiger partial charge is 0.412 e. The van der Waals surface area contributed by atoms with E-state index in [4.69, 9.17) is 0 Å². The summed E-state index contributed by atoms with van der Waals surface area (Å²) < 4.78 is 0.745. The fourth-order valence-corrected chi connectivity index (χ4v) is 0.737. The fourth-order valence-electron chi connectivity index (χ4n) is 0.329. The normalized spacial score (nSPS) is 7.00. The Kier molecular flexibility index (Phi) is 19.3. The zero-order valence-corrected chi connectivity index (χ0v) is 10.8. The molecule has 78 valence electrons. The van der Waals surface area contributed by atoms with Gasteiger partial charge >= 0.3 is 34.1 Å². The van der Waals surface area contributed by atoms with E-state index in [1.165, 1.54) is 0 Å². The maximum absolute atomic E-state index is 4.59. The Labute approximate surface area is 115 Å². The van der Waals surface area contributed by atoms with Crippen molar-refractivity contribution in [2.45, 2.75) is 0 Å². The summed E-state index contributed by atoms with van der Waals surface area (Å²) in [6.45, 7) is 1.33. The van der Waals surface area contributed by atoms with Gasteiger partial charge in [-0.3, -0.25) is 0 Å². The van der Waals surface area contributed by atoms with Gasteiger partial charge in [-0.2, -0.15) is 0 Å². The minimum Gasteiger partial charge on any atom is -0.412 e. The molecule has 2 N–H and O–H groups in total. The van der Waals surface area contributed by atoms with Crippen LogP contribution in [0.15, 0.2) is 0 Å². The van der Waals surface area contributed by atoms with Crippen LogP contribution in [0.2, 0.25) is 0 Å². The molecule has 0 aromatic heterocycles. The first-order valence-electron chi connectivity index (χ1n) is 2.52. The van der Waals surface area contributed by atoms with Crippen LogP contribution in [0.3, 0.4) is 0 Å². The predicted octanol–water partition coefficient (Wildman–Crippen LogP) is -0.176. The molecule has 0 aromatic carbocycles. The minimum atomic E-state index is 0. The van der Waals surface area contributed by atoms with E-state index in [-0.39, 0.29) is 34.1 Å². The molecule has 8 heteroatoms. The fraction of sp³-hybridized carbons (Fsp3) is 0.500. The van der Waals surface area contributed by atoms with Gasteiger partial charge < -0.3 is 60.3 Å². The van der Waals surface area contributed by atoms with Crippen LogP contribution in [0.5, 0.6) is 0 Å². The largest absolute Gasteiger partial charge is 1.00 e. The molecule has 0 aromatic rings. The Hall–Kier alpha value is 1.26. The summed E-state index contributed by atoms with van der Waals surface area (Å²) in [7, 11) is 0. The molecule has 0 rings (SSSR count). The molecule has 0 heterocycles. The van der Waals surface area contributed by atoms with Crippen LogP contribution in [0, 0.1) is 0 Å². The summed E-state index contributed by atoms with van der Waals surface area (Å²) in [4.78, 5) is 0. The van der Waals surface area contributed by atoms with Gasteiger partial charge in [0.25, 0.3) is 0 Å². The van der Waals surface area contributed by atoms with Gasteiger partial charge in [0.2, 0.25) is 0 Å². The first kappa shape index (κ1) is 18.9. The summed E-state index contributed by atoms with van der Waals surface area (Å²) in [6.07, 6.45) is 0. The summed E-state index contributed by atoms with van der Waals surface area (Å²) in [6, 6.07) is 0. The van der Waals surface area contributed by atoms with E-state index >= 15 is 0 Å². The molecule has 12 heavy (non-hydrogen) atoms. The van der Waals surface area contributed by atoms with Crippen molar-refractivity contribution in [3.05, 3.63) is 0 Å². The third kappa shape index (κ3) is 17.4. The third-order valence-electron chi connectivity index (χ3n) is 0.664. The molecular weight excluding hydrogens is 331 g/mol. The van der Waals surface area contributed by atoms with Crippen molar-refractivity contribution in [1.29, 1.82) is 0 Å². The van der Waals surface area contributed by atoms with Gasteiger partial charge in [-0.1, -0.05) is 8.64 Å². The molecule has 0 saturated carbocycles. The summed E-state index contributed by atoms with van der Waals surface area (Å²) >= 11 is 18.4. The second-order valence-electron chi connectivity index (χ2n) is 1.43. The van der Waals surface area contributed by atoms with Crippen molar-refractivity contribution in [1.82, 2.24) is 10.6 Å². The Balaban J connectivity index is -0.000000405. The van der Waals surface area contributed by atoms with Gasteiger partial charge in [0.05, 0.1) is 0 Å². The topological polar surface area (TPSA) is 24.1 Å². The molecule has 0 radical (unpaired) electrons. The van der Waals surface area contributed by atoms with Crippen LogP contribution in [0.1, 0.15) is 0 Å². The van der Waals surface area contributed by atoms with Crippen LogP contribution < -0.4 is 10.6 Å². The minimum absolute atomic E-state index is 0. The Bertz CT molecular complexity index is 127. The Morgan fingerprint density at radius 2 is 1.17 bits per heavy atom. The van der Waals surface area contributed by atoms with Gasteiger partial charge in [-0.25, -0.2) is 0 Å². The van der Waals surface area contributed by atoms with Gasteiger partial charge in [-0.05, 0) is 0 Å². The second-order valence-corrected chi connectivity index (χ2v) is 3.58. The van der Waals surface area contributed by atoms with Crippen molar-refractivity contribution >= 4 is 58.3 Å². The monoisotopic (exact) mass is 336 g/mol. The molecule has 0 spiro atoms. The van der Waals surface area contributed by atoms with Crippen LogP contribution in [0.4, 0.5) is 0 Å². The molecule has 0 aliphatic heterocycles. The summed E-state index contributed by atoms with van der Waals surface area (Å²) in [5.74, 6) is 0. The second kappa shape index (κ2) is 12.3. The zero-order chi connectivity index (χ0) is 7.98. The molecular formula is C4H6Cu2N2S4. The van der Waals surface area contributed by atoms with Crippen molar-refractivity contribution < 1.29 is 34.1 Å². The molecule has 0 saturated heterocycles. The molecule has 0 aliphatic rings. The van der Waals surface area contributed by atoms with Gasteiger partial charge in [0.1, 0.15) is 0 Å². The zero-order valence-electron chi connectivity index (χ0n) is 5.65. The number of rotatable bonds is 3. The Morgan fingerprint density at radius 3 is 1.33 bits per heavy atom. The van der Waals surface area contributed by atoms with Crippen molar-refractivity contribution in [2.24, 2.45) is 0 Å². The van der Waals surface area contributed by atoms with Crippen LogP contribution >= 0.6 is 24.4 Å². The molecule has 0 atom stereocenters. The molecule has 2 nitrogen and oxygen atoms in total. The number of hydrogen-bond acceptors (Lipinski definition) is 4. The summed E-state index contributed by atoms with van der Waals surface area (Å²) in [5, 5.41) is 5.56. The predicted molar refractivity (Wildman–Crippen MR) is 55.9 cm³/mol. The van der Waals surface area contributed by atoms with Gasteiger partial charge in [0, 0.05) is 13.1 Å². The van der Waals surface area contributed by atoms with Crippen LogP contribution in [-0.4, -0.2) is 21.7 Å². The number of thiocarbonyl (C=S) groups is 2. The van der Waals surface area contributed by atoms with E-state index in [0.29, 0.717) is 21.7 Å². The maximum atomic E-state index is 4.59. The van der Waals surface area contributed by atoms with E-state index in [1.807, 2.05) is 0 Å². The third-order valence-corrected chi connectivity index (χ3v) is 1.24. The molecule has 0 amide bonds. The van der Waals surface area contributed by atoms with E-state index in [1.54, 1.807) is 0 Å². The quantitative estimate of drug-likeness (QED) is 0.321. The molecule has 0 unspecified atom stereocenters. The van der Waals surface area contributed by atoms with Crippen molar-refractivity contribution in [3.8, 4) is 0 Å². The average Bonchev–Trinajstić information content (AvgIpc) is 1.79. The number of nitrogens with one attached hydrogen (secondary N) is 2. The van der Waals surface area contributed by atoms with E-state index in [0.717, 1.165) is 0 Å². The SMILES string of the molecule is S=C([S-])NCCNC(=S)[S-].[Cu+].[Cu+]. The van der Waals surface area contributed by atoms with Crippen molar-refractivity contribution in [3.63, 3.8) is 0 Å². The van der Waals surface area contributed by atoms with Crippen molar-refractivity contribution in [2.75, 3.05) is 13.1 Å². The molecule has 0 bridgehead atoms. The van der Waals surface area contributed by atoms with E-state index in [9.17, 15) is 0 Å². The maximum Gasteiger partial charge on any atom is 1.00 e. The van der Waals surface area contributed by atoms with Crippen LogP contribution in [0.25, 0.3) is 0 Å². The molecule has 0 aliphatic carbocycles. The first-order chi connectivity index (χ1) is 4.63. The number of hydrogen-bond donors (Lipinski definition) is 2. The van der Waals surface area contributed by atoms with Crippen LogP contribution in [-0.2, 0) is 59.4 Å². The average molecular weight is 337 g/mol. The van der Waals surface area contributed by atoms with E-state index in [2.05, 4.69) is 60.3 Å². The Morgan fingerprint density at radius 1 is 0.917 bits per heavy atom. The van der Waals surface area contributed by atoms with E-state index < -0.39 is 0 Å². The van der Waals surface area contributed by atoms with Gasteiger partial charge in [-0.15, -0.1) is 0 Å².